The maximum Gasteiger partial charge on any atom is 0.251 e. The lowest BCUT2D eigenvalue weighted by atomic mass is 10.2. The van der Waals surface area contributed by atoms with Crippen molar-refractivity contribution in [3.8, 4) is 11.5 Å². The van der Waals surface area contributed by atoms with Crippen LogP contribution in [0.3, 0.4) is 0 Å². The van der Waals surface area contributed by atoms with E-state index in [1.54, 1.807) is 0 Å². The molecule has 23 heavy (non-hydrogen) atoms. The molecular formula is C16H21ClN2O4. The fraction of sp³-hybridized carbons (Fsp3) is 0.500. The van der Waals surface area contributed by atoms with Crippen molar-refractivity contribution in [1.29, 1.82) is 0 Å². The SMILES string of the molecule is COc1cc(C(=O)NCC(=O)NC2CC2)cc(Cl)c1OC(C)C. The van der Waals surface area contributed by atoms with Gasteiger partial charge in [0.15, 0.2) is 11.5 Å². The Bertz CT molecular complexity index is 600. The first kappa shape index (κ1) is 17.4. The first-order valence-electron chi connectivity index (χ1n) is 7.52. The summed E-state index contributed by atoms with van der Waals surface area (Å²) in [7, 11) is 1.48. The number of nitrogens with one attached hydrogen (secondary N) is 2. The predicted octanol–water partition coefficient (Wildman–Crippen LogP) is 2.14. The number of hydrogen-bond donors (Lipinski definition) is 2. The summed E-state index contributed by atoms with van der Waals surface area (Å²) < 4.78 is 10.8. The van der Waals surface area contributed by atoms with Gasteiger partial charge in [-0.3, -0.25) is 9.59 Å². The van der Waals surface area contributed by atoms with E-state index in [1.807, 2.05) is 13.8 Å². The van der Waals surface area contributed by atoms with Gasteiger partial charge in [0.1, 0.15) is 0 Å². The minimum Gasteiger partial charge on any atom is -0.493 e. The first-order chi connectivity index (χ1) is 10.9. The summed E-state index contributed by atoms with van der Waals surface area (Å²) in [5, 5.41) is 5.65. The van der Waals surface area contributed by atoms with E-state index < -0.39 is 5.91 Å². The van der Waals surface area contributed by atoms with Gasteiger partial charge in [0.2, 0.25) is 5.91 Å². The molecule has 0 heterocycles. The van der Waals surface area contributed by atoms with Crippen molar-refractivity contribution >= 4 is 23.4 Å². The van der Waals surface area contributed by atoms with E-state index >= 15 is 0 Å². The highest BCUT2D eigenvalue weighted by atomic mass is 35.5. The molecular weight excluding hydrogens is 320 g/mol. The number of ether oxygens (including phenoxy) is 2. The van der Waals surface area contributed by atoms with Crippen LogP contribution < -0.4 is 20.1 Å². The third-order valence-electron chi connectivity index (χ3n) is 3.20. The zero-order valence-electron chi connectivity index (χ0n) is 13.4. The minimum atomic E-state index is -0.396. The molecule has 1 aromatic carbocycles. The van der Waals surface area contributed by atoms with Gasteiger partial charge in [0.05, 0.1) is 24.8 Å². The lowest BCUT2D eigenvalue weighted by Gasteiger charge is -2.16. The summed E-state index contributed by atoms with van der Waals surface area (Å²) in [6.07, 6.45) is 1.93. The van der Waals surface area contributed by atoms with Crippen molar-refractivity contribution in [1.82, 2.24) is 10.6 Å². The molecule has 0 aliphatic heterocycles. The standard InChI is InChI=1S/C16H21ClN2O4/c1-9(2)23-15-12(17)6-10(7-13(15)22-3)16(21)18-8-14(20)19-11-4-5-11/h6-7,9,11H,4-5,8H2,1-3H3,(H,18,21)(H,19,20). The third kappa shape index (κ3) is 5.03. The molecule has 0 atom stereocenters. The molecule has 7 heteroatoms. The zero-order chi connectivity index (χ0) is 17.0. The molecule has 1 saturated carbocycles. The fourth-order valence-corrected chi connectivity index (χ4v) is 2.23. The smallest absolute Gasteiger partial charge is 0.251 e. The summed E-state index contributed by atoms with van der Waals surface area (Å²) in [4.78, 5) is 23.8. The van der Waals surface area contributed by atoms with Crippen LogP contribution in [0.2, 0.25) is 5.02 Å². The maximum atomic E-state index is 12.2. The van der Waals surface area contributed by atoms with Crippen molar-refractivity contribution in [2.75, 3.05) is 13.7 Å². The van der Waals surface area contributed by atoms with Gasteiger partial charge in [-0.2, -0.15) is 0 Å². The van der Waals surface area contributed by atoms with Gasteiger partial charge in [-0.25, -0.2) is 0 Å². The quantitative estimate of drug-likeness (QED) is 0.797. The van der Waals surface area contributed by atoms with Crippen LogP contribution in [0.5, 0.6) is 11.5 Å². The minimum absolute atomic E-state index is 0.0699. The number of rotatable bonds is 7. The second-order valence-electron chi connectivity index (χ2n) is 5.68. The van der Waals surface area contributed by atoms with Crippen molar-refractivity contribution in [3.05, 3.63) is 22.7 Å². The topological polar surface area (TPSA) is 76.7 Å². The van der Waals surface area contributed by atoms with E-state index in [9.17, 15) is 9.59 Å². The number of hydrogen-bond acceptors (Lipinski definition) is 4. The molecule has 2 amide bonds. The highest BCUT2D eigenvalue weighted by Crippen LogP contribution is 2.37. The van der Waals surface area contributed by atoms with E-state index in [4.69, 9.17) is 21.1 Å². The van der Waals surface area contributed by atoms with Gasteiger partial charge >= 0.3 is 0 Å². The lowest BCUT2D eigenvalue weighted by molar-refractivity contribution is -0.120. The Morgan fingerprint density at radius 2 is 2.04 bits per heavy atom. The van der Waals surface area contributed by atoms with Crippen LogP contribution in [0.4, 0.5) is 0 Å². The highest BCUT2D eigenvalue weighted by molar-refractivity contribution is 6.32. The molecule has 0 saturated heterocycles. The zero-order valence-corrected chi connectivity index (χ0v) is 14.2. The van der Waals surface area contributed by atoms with Crippen LogP contribution >= 0.6 is 11.6 Å². The molecule has 0 unspecified atom stereocenters. The number of benzene rings is 1. The van der Waals surface area contributed by atoms with E-state index in [0.717, 1.165) is 12.8 Å². The molecule has 1 aliphatic carbocycles. The summed E-state index contributed by atoms with van der Waals surface area (Å²) in [6.45, 7) is 3.67. The summed E-state index contributed by atoms with van der Waals surface area (Å²) >= 11 is 6.18. The van der Waals surface area contributed by atoms with Crippen LogP contribution in [0.15, 0.2) is 12.1 Å². The van der Waals surface area contributed by atoms with Crippen molar-refractivity contribution in [2.45, 2.75) is 38.8 Å². The van der Waals surface area contributed by atoms with Gasteiger partial charge in [0, 0.05) is 11.6 Å². The predicted molar refractivity (Wildman–Crippen MR) is 87.3 cm³/mol. The second kappa shape index (κ2) is 7.55. The molecule has 0 bridgehead atoms. The van der Waals surface area contributed by atoms with Crippen molar-refractivity contribution in [2.24, 2.45) is 0 Å². The second-order valence-corrected chi connectivity index (χ2v) is 6.09. The van der Waals surface area contributed by atoms with E-state index in [-0.39, 0.29) is 29.6 Å². The Morgan fingerprint density at radius 3 is 2.61 bits per heavy atom. The Hall–Kier alpha value is -1.95. The van der Waals surface area contributed by atoms with Gasteiger partial charge in [0.25, 0.3) is 5.91 Å². The summed E-state index contributed by atoms with van der Waals surface area (Å²) in [5.74, 6) is 0.178. The number of methoxy groups -OCH3 is 1. The van der Waals surface area contributed by atoms with E-state index in [1.165, 1.54) is 19.2 Å². The van der Waals surface area contributed by atoms with Crippen LogP contribution in [0.25, 0.3) is 0 Å². The summed E-state index contributed by atoms with van der Waals surface area (Å²) in [6, 6.07) is 3.30. The molecule has 2 rings (SSSR count). The van der Waals surface area contributed by atoms with Gasteiger partial charge < -0.3 is 20.1 Å². The molecule has 1 aromatic rings. The number of carbonyl (C=O) groups excluding carboxylic acids is 2. The van der Waals surface area contributed by atoms with Gasteiger partial charge in [-0.1, -0.05) is 11.6 Å². The fourth-order valence-electron chi connectivity index (χ4n) is 1.97. The van der Waals surface area contributed by atoms with Gasteiger partial charge in [-0.05, 0) is 38.8 Å². The van der Waals surface area contributed by atoms with Crippen LogP contribution in [0.1, 0.15) is 37.0 Å². The number of amides is 2. The molecule has 0 radical (unpaired) electrons. The van der Waals surface area contributed by atoms with Gasteiger partial charge in [-0.15, -0.1) is 0 Å². The van der Waals surface area contributed by atoms with Crippen molar-refractivity contribution < 1.29 is 19.1 Å². The Balaban J connectivity index is 2.04. The average Bonchev–Trinajstić information content (AvgIpc) is 3.30. The molecule has 0 aromatic heterocycles. The third-order valence-corrected chi connectivity index (χ3v) is 3.48. The highest BCUT2D eigenvalue weighted by Gasteiger charge is 2.23. The van der Waals surface area contributed by atoms with Crippen LogP contribution in [-0.4, -0.2) is 37.6 Å². The van der Waals surface area contributed by atoms with Crippen LogP contribution in [0, 0.1) is 0 Å². The Morgan fingerprint density at radius 1 is 1.35 bits per heavy atom. The monoisotopic (exact) mass is 340 g/mol. The molecule has 126 valence electrons. The summed E-state index contributed by atoms with van der Waals surface area (Å²) in [5.41, 5.74) is 0.308. The molecule has 0 spiro atoms. The number of carbonyl (C=O) groups is 2. The largest absolute Gasteiger partial charge is 0.493 e. The maximum absolute atomic E-state index is 12.2. The molecule has 6 nitrogen and oxygen atoms in total. The lowest BCUT2D eigenvalue weighted by Crippen LogP contribution is -2.37. The molecule has 2 N–H and O–H groups in total. The normalized spacial score (nSPS) is 13.6. The van der Waals surface area contributed by atoms with Crippen LogP contribution in [-0.2, 0) is 4.79 Å². The Kier molecular flexibility index (Phi) is 5.71. The molecule has 1 aliphatic rings. The first-order valence-corrected chi connectivity index (χ1v) is 7.90. The van der Waals surface area contributed by atoms with E-state index in [2.05, 4.69) is 10.6 Å². The van der Waals surface area contributed by atoms with Crippen molar-refractivity contribution in [3.63, 3.8) is 0 Å². The average molecular weight is 341 g/mol. The number of halogens is 1. The Labute approximate surface area is 140 Å². The van der Waals surface area contributed by atoms with E-state index in [0.29, 0.717) is 17.1 Å². The molecule has 1 fully saturated rings.